The molecule has 0 radical (unpaired) electrons. The minimum atomic E-state index is -0.300. The summed E-state index contributed by atoms with van der Waals surface area (Å²) in [4.78, 5) is 20.7. The highest BCUT2D eigenvalue weighted by Crippen LogP contribution is 2.35. The summed E-state index contributed by atoms with van der Waals surface area (Å²) < 4.78 is 10.6. The van der Waals surface area contributed by atoms with Crippen molar-refractivity contribution in [1.29, 1.82) is 0 Å². The molecule has 2 aromatic heterocycles. The maximum absolute atomic E-state index is 12.2. The van der Waals surface area contributed by atoms with Crippen molar-refractivity contribution in [3.8, 4) is 11.5 Å². The average Bonchev–Trinajstić information content (AvgIpc) is 3.26. The van der Waals surface area contributed by atoms with Crippen LogP contribution in [0.15, 0.2) is 41.9 Å². The minimum absolute atomic E-state index is 0.230. The number of ether oxygens (including phenoxy) is 2. The fourth-order valence-electron chi connectivity index (χ4n) is 2.26. The van der Waals surface area contributed by atoms with Crippen LogP contribution in [0, 0.1) is 6.92 Å². The monoisotopic (exact) mass is 354 g/mol. The Hall–Kier alpha value is -3.13. The summed E-state index contributed by atoms with van der Waals surface area (Å²) in [6, 6.07) is 9.17. The van der Waals surface area contributed by atoms with Crippen molar-refractivity contribution in [2.45, 2.75) is 6.92 Å². The number of aromatic nitrogens is 2. The largest absolute Gasteiger partial charge is 0.454 e. The molecule has 0 aliphatic carbocycles. The van der Waals surface area contributed by atoms with E-state index < -0.39 is 0 Å². The van der Waals surface area contributed by atoms with E-state index in [1.54, 1.807) is 17.6 Å². The third-order valence-corrected chi connectivity index (χ3v) is 4.27. The first-order valence-electron chi connectivity index (χ1n) is 7.53. The molecule has 2 N–H and O–H groups in total. The lowest BCUT2D eigenvalue weighted by atomic mass is 10.3. The zero-order valence-electron chi connectivity index (χ0n) is 13.3. The van der Waals surface area contributed by atoms with E-state index in [4.69, 9.17) is 9.47 Å². The summed E-state index contributed by atoms with van der Waals surface area (Å²) in [7, 11) is 0. The molecule has 0 spiro atoms. The summed E-state index contributed by atoms with van der Waals surface area (Å²) in [5, 5.41) is 8.19. The maximum Gasteiger partial charge on any atom is 0.276 e. The van der Waals surface area contributed by atoms with Crippen molar-refractivity contribution in [1.82, 2.24) is 9.97 Å². The molecule has 7 nitrogen and oxygen atoms in total. The van der Waals surface area contributed by atoms with Gasteiger partial charge in [-0.3, -0.25) is 4.79 Å². The second-order valence-electron chi connectivity index (χ2n) is 5.41. The van der Waals surface area contributed by atoms with Gasteiger partial charge in [0, 0.05) is 23.3 Å². The van der Waals surface area contributed by atoms with Gasteiger partial charge in [-0.05, 0) is 30.7 Å². The lowest BCUT2D eigenvalue weighted by Gasteiger charge is -2.04. The predicted octanol–water partition coefficient (Wildman–Crippen LogP) is 3.57. The summed E-state index contributed by atoms with van der Waals surface area (Å²) in [6.45, 7) is 2.17. The van der Waals surface area contributed by atoms with Gasteiger partial charge in [-0.25, -0.2) is 9.97 Å². The van der Waals surface area contributed by atoms with Crippen LogP contribution in [0.25, 0.3) is 0 Å². The van der Waals surface area contributed by atoms with E-state index >= 15 is 0 Å². The molecular formula is C17H14N4O3S. The van der Waals surface area contributed by atoms with Crippen LogP contribution in [-0.4, -0.2) is 22.7 Å². The summed E-state index contributed by atoms with van der Waals surface area (Å²) in [6.07, 6.45) is 1.70. The molecule has 1 aliphatic heterocycles. The van der Waals surface area contributed by atoms with Crippen molar-refractivity contribution in [2.24, 2.45) is 0 Å². The van der Waals surface area contributed by atoms with Crippen LogP contribution in [0.2, 0.25) is 0 Å². The highest BCUT2D eigenvalue weighted by atomic mass is 32.1. The van der Waals surface area contributed by atoms with Crippen LogP contribution in [0.5, 0.6) is 11.5 Å². The van der Waals surface area contributed by atoms with Crippen molar-refractivity contribution in [3.63, 3.8) is 0 Å². The molecule has 0 saturated carbocycles. The number of anilines is 3. The number of carbonyl (C=O) groups is 1. The Bertz CT molecular complexity index is 924. The fraction of sp³-hybridized carbons (Fsp3) is 0.118. The number of thiazole rings is 1. The molecule has 1 aliphatic rings. The van der Waals surface area contributed by atoms with Gasteiger partial charge in [0.25, 0.3) is 5.91 Å². The number of aryl methyl sites for hydroxylation is 1. The highest BCUT2D eigenvalue weighted by molar-refractivity contribution is 7.14. The number of benzene rings is 1. The van der Waals surface area contributed by atoms with Crippen molar-refractivity contribution >= 4 is 33.9 Å². The summed E-state index contributed by atoms with van der Waals surface area (Å²) in [5.74, 6) is 1.60. The number of nitrogens with one attached hydrogen (secondary N) is 2. The Balaban J connectivity index is 1.44. The first kappa shape index (κ1) is 15.4. The van der Waals surface area contributed by atoms with Crippen LogP contribution < -0.4 is 20.1 Å². The van der Waals surface area contributed by atoms with Crippen LogP contribution in [0.1, 0.15) is 16.1 Å². The van der Waals surface area contributed by atoms with Gasteiger partial charge in [0.15, 0.2) is 16.6 Å². The van der Waals surface area contributed by atoms with Gasteiger partial charge < -0.3 is 20.1 Å². The van der Waals surface area contributed by atoms with Gasteiger partial charge in [-0.15, -0.1) is 11.3 Å². The first-order chi connectivity index (χ1) is 12.2. The van der Waals surface area contributed by atoms with Gasteiger partial charge in [0.1, 0.15) is 11.5 Å². The van der Waals surface area contributed by atoms with Crippen LogP contribution in [0.3, 0.4) is 0 Å². The van der Waals surface area contributed by atoms with Gasteiger partial charge >= 0.3 is 0 Å². The van der Waals surface area contributed by atoms with Gasteiger partial charge in [0.2, 0.25) is 6.79 Å². The van der Waals surface area contributed by atoms with E-state index in [1.807, 2.05) is 31.2 Å². The molecule has 4 rings (SSSR count). The number of nitrogens with zero attached hydrogens (tertiary/aromatic N) is 2. The number of amides is 1. The third kappa shape index (κ3) is 3.38. The van der Waals surface area contributed by atoms with Crippen LogP contribution in [-0.2, 0) is 0 Å². The van der Waals surface area contributed by atoms with Crippen molar-refractivity contribution < 1.29 is 14.3 Å². The molecule has 0 bridgehead atoms. The second-order valence-corrected chi connectivity index (χ2v) is 6.26. The third-order valence-electron chi connectivity index (χ3n) is 3.51. The van der Waals surface area contributed by atoms with Gasteiger partial charge in [-0.2, -0.15) is 0 Å². The molecule has 3 heterocycles. The number of hydrogen-bond donors (Lipinski definition) is 2. The SMILES string of the molecule is Cc1ccc(NC(=O)c2csc(Nc3ccc4c(c3)OCO4)n2)nc1. The molecular weight excluding hydrogens is 340 g/mol. The molecule has 25 heavy (non-hydrogen) atoms. The molecule has 0 saturated heterocycles. The maximum atomic E-state index is 12.2. The lowest BCUT2D eigenvalue weighted by Crippen LogP contribution is -2.13. The second kappa shape index (κ2) is 6.40. The smallest absolute Gasteiger partial charge is 0.276 e. The van der Waals surface area contributed by atoms with E-state index in [9.17, 15) is 4.79 Å². The number of hydrogen-bond acceptors (Lipinski definition) is 7. The summed E-state index contributed by atoms with van der Waals surface area (Å²) >= 11 is 1.34. The van der Waals surface area contributed by atoms with Crippen molar-refractivity contribution in [3.05, 3.63) is 53.2 Å². The van der Waals surface area contributed by atoms with Crippen molar-refractivity contribution in [2.75, 3.05) is 17.4 Å². The molecule has 3 aromatic rings. The molecule has 1 amide bonds. The summed E-state index contributed by atoms with van der Waals surface area (Å²) in [5.41, 5.74) is 2.17. The molecule has 0 unspecified atom stereocenters. The molecule has 0 fully saturated rings. The normalized spacial score (nSPS) is 12.0. The Labute approximate surface area is 147 Å². The number of rotatable bonds is 4. The number of fused-ring (bicyclic) bond motifs is 1. The number of pyridine rings is 1. The quantitative estimate of drug-likeness (QED) is 0.745. The first-order valence-corrected chi connectivity index (χ1v) is 8.41. The Morgan fingerprint density at radius 3 is 2.92 bits per heavy atom. The van der Waals surface area contributed by atoms with Gasteiger partial charge in [0.05, 0.1) is 0 Å². The van der Waals surface area contributed by atoms with Crippen LogP contribution in [0.4, 0.5) is 16.6 Å². The van der Waals surface area contributed by atoms with Gasteiger partial charge in [-0.1, -0.05) is 6.07 Å². The van der Waals surface area contributed by atoms with E-state index in [1.165, 1.54) is 11.3 Å². The standard InChI is InChI=1S/C17H14N4O3S/c1-10-2-5-15(18-7-10)21-16(22)12-8-25-17(20-12)19-11-3-4-13-14(6-11)24-9-23-13/h2-8H,9H2,1H3,(H,19,20)(H,18,21,22). The predicted molar refractivity (Wildman–Crippen MR) is 94.9 cm³/mol. The zero-order chi connectivity index (χ0) is 17.2. The lowest BCUT2D eigenvalue weighted by molar-refractivity contribution is 0.102. The Morgan fingerprint density at radius 2 is 2.08 bits per heavy atom. The van der Waals surface area contributed by atoms with E-state index in [0.717, 1.165) is 17.0 Å². The number of carbonyl (C=O) groups excluding carboxylic acids is 1. The van der Waals surface area contributed by atoms with E-state index in [0.29, 0.717) is 22.4 Å². The average molecular weight is 354 g/mol. The zero-order valence-corrected chi connectivity index (χ0v) is 14.1. The van der Waals surface area contributed by atoms with E-state index in [-0.39, 0.29) is 12.7 Å². The van der Waals surface area contributed by atoms with E-state index in [2.05, 4.69) is 20.6 Å². The topological polar surface area (TPSA) is 85.4 Å². The molecule has 8 heteroatoms. The molecule has 1 aromatic carbocycles. The highest BCUT2D eigenvalue weighted by Gasteiger charge is 2.15. The fourth-order valence-corrected chi connectivity index (χ4v) is 2.97. The van der Waals surface area contributed by atoms with Crippen LogP contribution >= 0.6 is 11.3 Å². The Morgan fingerprint density at radius 1 is 1.20 bits per heavy atom. The molecule has 0 atom stereocenters. The minimum Gasteiger partial charge on any atom is -0.454 e. The molecule has 126 valence electrons. The Kier molecular flexibility index (Phi) is 3.95.